The van der Waals surface area contributed by atoms with E-state index >= 15 is 0 Å². The Morgan fingerprint density at radius 3 is 2.53 bits per heavy atom. The third-order valence-corrected chi connectivity index (χ3v) is 6.31. The van der Waals surface area contributed by atoms with Gasteiger partial charge in [-0.05, 0) is 29.8 Å². The van der Waals surface area contributed by atoms with Crippen LogP contribution in [0.5, 0.6) is 0 Å². The molecule has 1 aromatic heterocycles. The maximum absolute atomic E-state index is 14.6. The van der Waals surface area contributed by atoms with Crippen molar-refractivity contribution in [2.24, 2.45) is 7.05 Å². The summed E-state index contributed by atoms with van der Waals surface area (Å²) in [6.45, 7) is 3.01. The average molecular weight is 460 g/mol. The van der Waals surface area contributed by atoms with Crippen LogP contribution in [0.3, 0.4) is 0 Å². The Labute approximate surface area is 188 Å². The van der Waals surface area contributed by atoms with Crippen LogP contribution in [-0.2, 0) is 13.6 Å². The zero-order valence-corrected chi connectivity index (χ0v) is 18.6. The van der Waals surface area contributed by atoms with Gasteiger partial charge in [0.2, 0.25) is 0 Å². The van der Waals surface area contributed by atoms with Crippen molar-refractivity contribution in [2.75, 3.05) is 38.1 Å². The van der Waals surface area contributed by atoms with Crippen LogP contribution in [0, 0.1) is 16.3 Å². The number of hydrogen-bond acceptors (Lipinski definition) is 5. The molecular weight excluding hydrogens is 436 g/mol. The number of nitrogens with one attached hydrogen (secondary N) is 2. The molecule has 0 spiro atoms. The van der Waals surface area contributed by atoms with Gasteiger partial charge in [0, 0.05) is 52.2 Å². The van der Waals surface area contributed by atoms with Crippen LogP contribution in [-0.4, -0.2) is 53.6 Å². The number of carbonyl (C=O) groups excluding carboxylic acids is 1. The van der Waals surface area contributed by atoms with E-state index in [1.165, 1.54) is 23.7 Å². The smallest absolute Gasteiger partial charge is 0.326 e. The molecule has 4 rings (SSSR count). The van der Waals surface area contributed by atoms with Crippen LogP contribution < -0.4 is 15.9 Å². The molecule has 0 radical (unpaired) electrons. The highest BCUT2D eigenvalue weighted by Crippen LogP contribution is 2.26. The second-order valence-corrected chi connectivity index (χ2v) is 8.16. The fourth-order valence-electron chi connectivity index (χ4n) is 3.95. The fraction of sp³-hybridized carbons (Fsp3) is 0.318. The quantitative estimate of drug-likeness (QED) is 0.587. The van der Waals surface area contributed by atoms with E-state index in [0.29, 0.717) is 42.9 Å². The van der Waals surface area contributed by atoms with E-state index < -0.39 is 17.5 Å². The van der Waals surface area contributed by atoms with Crippen LogP contribution in [0.15, 0.2) is 35.1 Å². The summed E-state index contributed by atoms with van der Waals surface area (Å²) in [5.74, 6) is -2.80. The number of benzene rings is 2. The van der Waals surface area contributed by atoms with Crippen molar-refractivity contribution in [1.29, 1.82) is 0 Å². The number of nitrogens with zero attached hydrogens (tertiary/aromatic N) is 3. The van der Waals surface area contributed by atoms with Crippen LogP contribution in [0.2, 0.25) is 0 Å². The van der Waals surface area contributed by atoms with Crippen molar-refractivity contribution in [2.45, 2.75) is 6.54 Å². The molecule has 3 aromatic rings. The Balaban J connectivity index is 1.46. The first-order chi connectivity index (χ1) is 15.3. The number of aromatic amines is 1. The van der Waals surface area contributed by atoms with Gasteiger partial charge in [-0.2, -0.15) is 0 Å². The molecular formula is C22H23F2N5O2S. The van der Waals surface area contributed by atoms with Crippen molar-refractivity contribution in [3.63, 3.8) is 0 Å². The van der Waals surface area contributed by atoms with Gasteiger partial charge >= 0.3 is 5.69 Å². The van der Waals surface area contributed by atoms with Crippen molar-refractivity contribution in [1.82, 2.24) is 19.8 Å². The SMILES string of the molecule is CNC(=O)c1ccc(N2CCN(Cc3ccc4c(=S)n(C)c(=O)[nH]c4c3)CC2)c(F)c1F. The van der Waals surface area contributed by atoms with Gasteiger partial charge in [0.05, 0.1) is 16.8 Å². The van der Waals surface area contributed by atoms with E-state index in [1.54, 1.807) is 11.9 Å². The predicted octanol–water partition coefficient (Wildman–Crippen LogP) is 2.56. The maximum atomic E-state index is 14.6. The standard InChI is InChI=1S/C22H23F2N5O2S/c1-25-20(30)15-5-6-17(19(24)18(15)23)29-9-7-28(8-10-29)12-13-3-4-14-16(11-13)26-22(31)27(2)21(14)32/h3-6,11H,7-10,12H2,1-2H3,(H,25,30)(H,26,31). The molecule has 7 nitrogen and oxygen atoms in total. The van der Waals surface area contributed by atoms with Gasteiger partial charge < -0.3 is 15.2 Å². The first-order valence-electron chi connectivity index (χ1n) is 10.2. The number of carbonyl (C=O) groups is 1. The number of fused-ring (bicyclic) bond motifs is 1. The molecule has 32 heavy (non-hydrogen) atoms. The van der Waals surface area contributed by atoms with Gasteiger partial charge in [0.1, 0.15) is 4.64 Å². The zero-order chi connectivity index (χ0) is 23.0. The molecule has 1 amide bonds. The molecule has 1 saturated heterocycles. The Morgan fingerprint density at radius 2 is 1.84 bits per heavy atom. The molecule has 0 bridgehead atoms. The van der Waals surface area contributed by atoms with Gasteiger partial charge in [-0.3, -0.25) is 14.3 Å². The largest absolute Gasteiger partial charge is 0.367 e. The first-order valence-corrected chi connectivity index (χ1v) is 10.6. The molecule has 2 heterocycles. The van der Waals surface area contributed by atoms with E-state index in [2.05, 4.69) is 15.2 Å². The summed E-state index contributed by atoms with van der Waals surface area (Å²) >= 11 is 5.34. The second-order valence-electron chi connectivity index (χ2n) is 7.78. The molecule has 2 N–H and O–H groups in total. The van der Waals surface area contributed by atoms with Gasteiger partial charge in [0.15, 0.2) is 11.6 Å². The molecule has 10 heteroatoms. The molecule has 1 fully saturated rings. The summed E-state index contributed by atoms with van der Waals surface area (Å²) in [7, 11) is 3.00. The molecule has 0 unspecified atom stereocenters. The first kappa shape index (κ1) is 22.1. The van der Waals surface area contributed by atoms with Crippen LogP contribution in [0.1, 0.15) is 15.9 Å². The Bertz CT molecular complexity index is 1310. The molecule has 1 aliphatic rings. The Hall–Kier alpha value is -3.11. The van der Waals surface area contributed by atoms with Crippen LogP contribution in [0.4, 0.5) is 14.5 Å². The summed E-state index contributed by atoms with van der Waals surface area (Å²) in [5.41, 5.74) is 1.31. The number of amides is 1. The Kier molecular flexibility index (Phi) is 6.07. The zero-order valence-electron chi connectivity index (χ0n) is 17.7. The lowest BCUT2D eigenvalue weighted by atomic mass is 10.1. The van der Waals surface area contributed by atoms with Crippen molar-refractivity contribution >= 4 is 34.7 Å². The summed E-state index contributed by atoms with van der Waals surface area (Å²) < 4.78 is 30.8. The third-order valence-electron chi connectivity index (χ3n) is 5.82. The minimum atomic E-state index is -1.14. The highest BCUT2D eigenvalue weighted by Gasteiger charge is 2.24. The summed E-state index contributed by atoms with van der Waals surface area (Å²) in [6.07, 6.45) is 0. The topological polar surface area (TPSA) is 73.4 Å². The van der Waals surface area contributed by atoms with E-state index in [4.69, 9.17) is 12.2 Å². The van der Waals surface area contributed by atoms with E-state index in [1.807, 2.05) is 18.2 Å². The van der Waals surface area contributed by atoms with Crippen molar-refractivity contribution < 1.29 is 13.6 Å². The minimum absolute atomic E-state index is 0.156. The monoisotopic (exact) mass is 459 g/mol. The van der Waals surface area contributed by atoms with Crippen LogP contribution >= 0.6 is 12.2 Å². The van der Waals surface area contributed by atoms with Crippen LogP contribution in [0.25, 0.3) is 10.9 Å². The number of rotatable bonds is 4. The number of H-pyrrole nitrogens is 1. The molecule has 0 aliphatic carbocycles. The lowest BCUT2D eigenvalue weighted by Gasteiger charge is -2.36. The average Bonchev–Trinajstić information content (AvgIpc) is 2.79. The van der Waals surface area contributed by atoms with Crippen molar-refractivity contribution in [3.05, 3.63) is 68.2 Å². The molecule has 168 valence electrons. The van der Waals surface area contributed by atoms with Gasteiger partial charge in [0.25, 0.3) is 5.91 Å². The van der Waals surface area contributed by atoms with Gasteiger partial charge in [-0.15, -0.1) is 0 Å². The molecule has 2 aromatic carbocycles. The Morgan fingerprint density at radius 1 is 1.12 bits per heavy atom. The highest BCUT2D eigenvalue weighted by molar-refractivity contribution is 7.71. The lowest BCUT2D eigenvalue weighted by Crippen LogP contribution is -2.46. The number of anilines is 1. The summed E-state index contributed by atoms with van der Waals surface area (Å²) in [6, 6.07) is 8.57. The highest BCUT2D eigenvalue weighted by atomic mass is 32.1. The van der Waals surface area contributed by atoms with Gasteiger partial charge in [-0.1, -0.05) is 18.3 Å². The number of piperazine rings is 1. The molecule has 0 atom stereocenters. The van der Waals surface area contributed by atoms with Crippen molar-refractivity contribution in [3.8, 4) is 0 Å². The minimum Gasteiger partial charge on any atom is -0.367 e. The van der Waals surface area contributed by atoms with E-state index in [9.17, 15) is 18.4 Å². The fourth-order valence-corrected chi connectivity index (χ4v) is 4.21. The van der Waals surface area contributed by atoms with E-state index in [-0.39, 0.29) is 16.9 Å². The third kappa shape index (κ3) is 4.03. The normalized spacial score (nSPS) is 14.7. The lowest BCUT2D eigenvalue weighted by molar-refractivity contribution is 0.0958. The summed E-state index contributed by atoms with van der Waals surface area (Å²) in [5, 5.41) is 3.12. The molecule has 1 aliphatic heterocycles. The maximum Gasteiger partial charge on any atom is 0.326 e. The van der Waals surface area contributed by atoms with E-state index in [0.717, 1.165) is 10.9 Å². The number of aromatic nitrogens is 2. The second kappa shape index (κ2) is 8.79. The predicted molar refractivity (Wildman–Crippen MR) is 122 cm³/mol. The number of halogens is 2. The molecule has 0 saturated carbocycles. The number of hydrogen-bond donors (Lipinski definition) is 2. The summed E-state index contributed by atoms with van der Waals surface area (Å²) in [4.78, 5) is 30.5. The van der Waals surface area contributed by atoms with Gasteiger partial charge in [-0.25, -0.2) is 13.6 Å².